The summed E-state index contributed by atoms with van der Waals surface area (Å²) in [7, 11) is 3.61. The number of para-hydroxylation sites is 1. The standard InChI is InChI=1S/C23H29NO6/c1-24-21-6-4-3-5-19(21)23(25)20-17-18(7-8-22(20)24)30-16-15-29-14-13-28-12-11-27-10-9-26-2/h3-8,17H,9-16H2,1-2H3. The van der Waals surface area contributed by atoms with E-state index in [4.69, 9.17) is 23.7 Å². The molecular weight excluding hydrogens is 386 g/mol. The number of fused-ring (bicyclic) bond motifs is 2. The van der Waals surface area contributed by atoms with Gasteiger partial charge in [-0.2, -0.15) is 0 Å². The first-order valence-corrected chi connectivity index (χ1v) is 10.1. The summed E-state index contributed by atoms with van der Waals surface area (Å²) in [6.45, 7) is 4.09. The second kappa shape index (κ2) is 11.7. The number of pyridine rings is 1. The van der Waals surface area contributed by atoms with E-state index in [-0.39, 0.29) is 5.43 Å². The van der Waals surface area contributed by atoms with Gasteiger partial charge in [0.2, 0.25) is 0 Å². The predicted octanol–water partition coefficient (Wildman–Crippen LogP) is 2.77. The number of ether oxygens (including phenoxy) is 5. The quantitative estimate of drug-likeness (QED) is 0.316. The molecule has 30 heavy (non-hydrogen) atoms. The van der Waals surface area contributed by atoms with Gasteiger partial charge in [0.05, 0.1) is 57.3 Å². The Morgan fingerprint density at radius 3 is 2.03 bits per heavy atom. The molecule has 0 bridgehead atoms. The third-order valence-corrected chi connectivity index (χ3v) is 4.76. The molecule has 7 nitrogen and oxygen atoms in total. The van der Waals surface area contributed by atoms with Gasteiger partial charge in [-0.3, -0.25) is 4.79 Å². The van der Waals surface area contributed by atoms with E-state index in [1.807, 2.05) is 48.0 Å². The van der Waals surface area contributed by atoms with E-state index in [2.05, 4.69) is 0 Å². The zero-order valence-corrected chi connectivity index (χ0v) is 17.6. The fourth-order valence-electron chi connectivity index (χ4n) is 3.21. The highest BCUT2D eigenvalue weighted by molar-refractivity contribution is 5.93. The molecule has 0 N–H and O–H groups in total. The van der Waals surface area contributed by atoms with Gasteiger partial charge in [0.1, 0.15) is 12.4 Å². The van der Waals surface area contributed by atoms with Crippen molar-refractivity contribution in [2.45, 2.75) is 0 Å². The van der Waals surface area contributed by atoms with Gasteiger partial charge in [-0.15, -0.1) is 0 Å². The highest BCUT2D eigenvalue weighted by atomic mass is 16.6. The SMILES string of the molecule is COCCOCCOCCOCCOc1ccc2c(c1)c(=O)c1ccccc1n2C. The van der Waals surface area contributed by atoms with Crippen molar-refractivity contribution in [2.75, 3.05) is 60.0 Å². The Hall–Kier alpha value is -2.45. The van der Waals surface area contributed by atoms with Crippen LogP contribution >= 0.6 is 0 Å². The Kier molecular flexibility index (Phi) is 8.65. The van der Waals surface area contributed by atoms with Crippen LogP contribution in [0.3, 0.4) is 0 Å². The van der Waals surface area contributed by atoms with Crippen LogP contribution in [0.2, 0.25) is 0 Å². The zero-order valence-electron chi connectivity index (χ0n) is 17.6. The number of benzene rings is 2. The molecule has 0 aliphatic carbocycles. The van der Waals surface area contributed by atoms with E-state index in [0.29, 0.717) is 69.4 Å². The number of hydrogen-bond donors (Lipinski definition) is 0. The molecule has 0 atom stereocenters. The fourth-order valence-corrected chi connectivity index (χ4v) is 3.21. The number of rotatable bonds is 13. The summed E-state index contributed by atoms with van der Waals surface area (Å²) in [4.78, 5) is 12.8. The molecule has 0 fully saturated rings. The number of aromatic nitrogens is 1. The third kappa shape index (κ3) is 5.79. The average Bonchev–Trinajstić information content (AvgIpc) is 2.78. The predicted molar refractivity (Wildman–Crippen MR) is 117 cm³/mol. The molecule has 0 amide bonds. The van der Waals surface area contributed by atoms with Crippen molar-refractivity contribution in [1.29, 1.82) is 0 Å². The average molecular weight is 415 g/mol. The Morgan fingerprint density at radius 2 is 1.33 bits per heavy atom. The van der Waals surface area contributed by atoms with Crippen molar-refractivity contribution >= 4 is 21.8 Å². The molecule has 0 spiro atoms. The molecule has 3 aromatic rings. The van der Waals surface area contributed by atoms with Gasteiger partial charge in [0.15, 0.2) is 5.43 Å². The minimum absolute atomic E-state index is 0.0174. The Bertz CT molecular complexity index is 1000. The molecule has 2 aromatic carbocycles. The largest absolute Gasteiger partial charge is 0.491 e. The number of nitrogens with zero attached hydrogens (tertiary/aromatic N) is 1. The van der Waals surface area contributed by atoms with Crippen LogP contribution in [0.4, 0.5) is 0 Å². The lowest BCUT2D eigenvalue weighted by molar-refractivity contribution is 0.000168. The van der Waals surface area contributed by atoms with Crippen molar-refractivity contribution in [2.24, 2.45) is 7.05 Å². The van der Waals surface area contributed by atoms with E-state index in [1.54, 1.807) is 13.2 Å². The number of hydrogen-bond acceptors (Lipinski definition) is 6. The summed E-state index contributed by atoms with van der Waals surface area (Å²) in [5.74, 6) is 0.655. The van der Waals surface area contributed by atoms with E-state index in [9.17, 15) is 4.79 Å². The Labute approximate surface area is 176 Å². The third-order valence-electron chi connectivity index (χ3n) is 4.76. The lowest BCUT2D eigenvalue weighted by Gasteiger charge is -2.12. The number of methoxy groups -OCH3 is 1. The van der Waals surface area contributed by atoms with Crippen LogP contribution in [0, 0.1) is 0 Å². The van der Waals surface area contributed by atoms with Gasteiger partial charge in [-0.1, -0.05) is 12.1 Å². The highest BCUT2D eigenvalue weighted by Gasteiger charge is 2.09. The Balaban J connectivity index is 1.42. The van der Waals surface area contributed by atoms with Gasteiger partial charge >= 0.3 is 0 Å². The first kappa shape index (κ1) is 22.2. The molecule has 0 saturated heterocycles. The maximum Gasteiger partial charge on any atom is 0.197 e. The van der Waals surface area contributed by atoms with Gasteiger partial charge in [0.25, 0.3) is 0 Å². The van der Waals surface area contributed by atoms with Crippen molar-refractivity contribution in [3.8, 4) is 5.75 Å². The molecule has 7 heteroatoms. The molecule has 1 aromatic heterocycles. The molecular formula is C23H29NO6. The lowest BCUT2D eigenvalue weighted by atomic mass is 10.1. The van der Waals surface area contributed by atoms with Gasteiger partial charge in [-0.05, 0) is 30.3 Å². The molecule has 0 aliphatic rings. The highest BCUT2D eigenvalue weighted by Crippen LogP contribution is 2.22. The van der Waals surface area contributed by atoms with Gasteiger partial charge in [-0.25, -0.2) is 0 Å². The topological polar surface area (TPSA) is 68.2 Å². The minimum Gasteiger partial charge on any atom is -0.491 e. The summed E-state index contributed by atoms with van der Waals surface area (Å²) in [5, 5.41) is 1.35. The van der Waals surface area contributed by atoms with Crippen molar-refractivity contribution in [3.63, 3.8) is 0 Å². The summed E-state index contributed by atoms with van der Waals surface area (Å²) in [6.07, 6.45) is 0. The summed E-state index contributed by atoms with van der Waals surface area (Å²) < 4.78 is 28.9. The van der Waals surface area contributed by atoms with E-state index < -0.39 is 0 Å². The first-order chi connectivity index (χ1) is 14.7. The maximum absolute atomic E-state index is 12.8. The normalized spacial score (nSPS) is 11.4. The molecule has 0 radical (unpaired) electrons. The second-order valence-electron chi connectivity index (χ2n) is 6.76. The molecule has 0 aliphatic heterocycles. The van der Waals surface area contributed by atoms with Gasteiger partial charge < -0.3 is 28.3 Å². The van der Waals surface area contributed by atoms with E-state index in [1.165, 1.54) is 0 Å². The number of aryl methyl sites for hydroxylation is 1. The van der Waals surface area contributed by atoms with E-state index in [0.717, 1.165) is 11.0 Å². The van der Waals surface area contributed by atoms with Crippen LogP contribution in [0.25, 0.3) is 21.8 Å². The van der Waals surface area contributed by atoms with E-state index >= 15 is 0 Å². The van der Waals surface area contributed by atoms with Crippen LogP contribution in [0.5, 0.6) is 5.75 Å². The van der Waals surface area contributed by atoms with Crippen LogP contribution in [0.15, 0.2) is 47.3 Å². The summed E-state index contributed by atoms with van der Waals surface area (Å²) >= 11 is 0. The van der Waals surface area contributed by atoms with Crippen LogP contribution in [-0.4, -0.2) is 64.5 Å². The van der Waals surface area contributed by atoms with Crippen molar-refractivity contribution in [1.82, 2.24) is 4.57 Å². The maximum atomic E-state index is 12.8. The van der Waals surface area contributed by atoms with Crippen LogP contribution in [0.1, 0.15) is 0 Å². The van der Waals surface area contributed by atoms with Crippen molar-refractivity contribution in [3.05, 3.63) is 52.7 Å². The molecule has 3 rings (SSSR count). The van der Waals surface area contributed by atoms with Gasteiger partial charge in [0, 0.05) is 24.9 Å². The smallest absolute Gasteiger partial charge is 0.197 e. The second-order valence-corrected chi connectivity index (χ2v) is 6.76. The monoisotopic (exact) mass is 415 g/mol. The van der Waals surface area contributed by atoms with Crippen molar-refractivity contribution < 1.29 is 23.7 Å². The zero-order chi connectivity index (χ0) is 21.2. The Morgan fingerprint density at radius 1 is 0.733 bits per heavy atom. The first-order valence-electron chi connectivity index (χ1n) is 10.1. The molecule has 162 valence electrons. The fraction of sp³-hybridized carbons (Fsp3) is 0.435. The molecule has 0 unspecified atom stereocenters. The molecule has 1 heterocycles. The van der Waals surface area contributed by atoms with Crippen LogP contribution < -0.4 is 10.2 Å². The molecule has 0 saturated carbocycles. The lowest BCUT2D eigenvalue weighted by Crippen LogP contribution is -2.13. The minimum atomic E-state index is 0.0174. The summed E-state index contributed by atoms with van der Waals surface area (Å²) in [6, 6.07) is 13.2. The van der Waals surface area contributed by atoms with Crippen LogP contribution in [-0.2, 0) is 26.0 Å². The summed E-state index contributed by atoms with van der Waals surface area (Å²) in [5.41, 5.74) is 1.82.